The van der Waals surface area contributed by atoms with E-state index in [0.717, 1.165) is 0 Å². The normalized spacial score (nSPS) is 10.0. The van der Waals surface area contributed by atoms with Gasteiger partial charge in [-0.1, -0.05) is 0 Å². The maximum absolute atomic E-state index is 11.9. The molecule has 0 aliphatic carbocycles. The first-order valence-electron chi connectivity index (χ1n) is 7.63. The van der Waals surface area contributed by atoms with Crippen molar-refractivity contribution in [2.75, 3.05) is 18.5 Å². The second kappa shape index (κ2) is 8.60. The van der Waals surface area contributed by atoms with Gasteiger partial charge in [-0.3, -0.25) is 10.1 Å². The van der Waals surface area contributed by atoms with Crippen LogP contribution < -0.4 is 15.8 Å². The van der Waals surface area contributed by atoms with Crippen LogP contribution in [-0.4, -0.2) is 31.0 Å². The van der Waals surface area contributed by atoms with Crippen LogP contribution in [0.25, 0.3) is 0 Å². The molecule has 0 saturated heterocycles. The first kappa shape index (κ1) is 18.2. The monoisotopic (exact) mass is 342 g/mol. The van der Waals surface area contributed by atoms with Gasteiger partial charge in [-0.05, 0) is 55.5 Å². The van der Waals surface area contributed by atoms with Gasteiger partial charge in [0, 0.05) is 11.3 Å². The van der Waals surface area contributed by atoms with Gasteiger partial charge in [-0.15, -0.1) is 0 Å². The summed E-state index contributed by atoms with van der Waals surface area (Å²) in [5.74, 6) is -0.337. The van der Waals surface area contributed by atoms with Crippen LogP contribution in [0.5, 0.6) is 5.75 Å². The molecule has 0 aliphatic rings. The molecule has 7 heteroatoms. The Bertz CT molecular complexity index is 754. The Hall–Kier alpha value is -3.19. The third-order valence-electron chi connectivity index (χ3n) is 3.21. The van der Waals surface area contributed by atoms with E-state index in [2.05, 4.69) is 5.32 Å². The molecule has 1 amide bonds. The highest BCUT2D eigenvalue weighted by Gasteiger charge is 2.09. The van der Waals surface area contributed by atoms with Crippen molar-refractivity contribution >= 4 is 23.5 Å². The highest BCUT2D eigenvalue weighted by atomic mass is 16.6. The van der Waals surface area contributed by atoms with E-state index in [-0.39, 0.29) is 18.1 Å². The average Bonchev–Trinajstić information content (AvgIpc) is 2.62. The third-order valence-corrected chi connectivity index (χ3v) is 3.21. The smallest absolute Gasteiger partial charge is 0.417 e. The minimum atomic E-state index is -0.693. The first-order chi connectivity index (χ1) is 12.0. The van der Waals surface area contributed by atoms with E-state index < -0.39 is 12.1 Å². The molecule has 0 aromatic heterocycles. The minimum Gasteiger partial charge on any atom is -0.462 e. The van der Waals surface area contributed by atoms with Crippen LogP contribution in [0, 0.1) is 0 Å². The lowest BCUT2D eigenvalue weighted by atomic mass is 10.1. The van der Waals surface area contributed by atoms with Crippen molar-refractivity contribution in [3.8, 4) is 5.75 Å². The van der Waals surface area contributed by atoms with E-state index in [0.29, 0.717) is 23.4 Å². The highest BCUT2D eigenvalue weighted by molar-refractivity contribution is 5.97. The van der Waals surface area contributed by atoms with Gasteiger partial charge in [0.25, 0.3) is 0 Å². The molecule has 7 nitrogen and oxygen atoms in total. The van der Waals surface area contributed by atoms with Crippen LogP contribution in [0.15, 0.2) is 48.5 Å². The summed E-state index contributed by atoms with van der Waals surface area (Å²) in [6.07, 6.45) is -0.693. The van der Waals surface area contributed by atoms with E-state index in [9.17, 15) is 14.4 Å². The molecule has 2 aromatic rings. The maximum atomic E-state index is 11.9. The number of amides is 1. The molecule has 3 N–H and O–H groups in total. The SMILES string of the molecule is CCOC(=O)c1ccc(NC(=O)Oc2ccc(C(=O)CN)cc2)cc1. The molecule has 0 spiro atoms. The molecular weight excluding hydrogens is 324 g/mol. The first-order valence-corrected chi connectivity index (χ1v) is 7.63. The fraction of sp³-hybridized carbons (Fsp3) is 0.167. The van der Waals surface area contributed by atoms with Crippen LogP contribution in [0.3, 0.4) is 0 Å². The summed E-state index contributed by atoms with van der Waals surface area (Å²) in [4.78, 5) is 34.8. The Morgan fingerprint density at radius 2 is 1.56 bits per heavy atom. The quantitative estimate of drug-likeness (QED) is 0.617. The largest absolute Gasteiger partial charge is 0.462 e. The molecule has 0 radical (unpaired) electrons. The number of nitrogens with one attached hydrogen (secondary N) is 1. The lowest BCUT2D eigenvalue weighted by Crippen LogP contribution is -2.17. The topological polar surface area (TPSA) is 108 Å². The summed E-state index contributed by atoms with van der Waals surface area (Å²) in [5.41, 5.74) is 6.59. The van der Waals surface area contributed by atoms with Gasteiger partial charge in [0.15, 0.2) is 5.78 Å². The van der Waals surface area contributed by atoms with Crippen molar-refractivity contribution in [3.63, 3.8) is 0 Å². The molecule has 0 atom stereocenters. The van der Waals surface area contributed by atoms with E-state index in [4.69, 9.17) is 15.2 Å². The van der Waals surface area contributed by atoms with Gasteiger partial charge in [-0.2, -0.15) is 0 Å². The van der Waals surface area contributed by atoms with Gasteiger partial charge in [0.05, 0.1) is 18.7 Å². The number of esters is 1. The van der Waals surface area contributed by atoms with Crippen molar-refractivity contribution in [3.05, 3.63) is 59.7 Å². The molecule has 0 aliphatic heterocycles. The Morgan fingerprint density at radius 1 is 0.960 bits per heavy atom. The number of carbonyl (C=O) groups is 3. The zero-order valence-corrected chi connectivity index (χ0v) is 13.7. The van der Waals surface area contributed by atoms with Crippen LogP contribution in [-0.2, 0) is 4.74 Å². The van der Waals surface area contributed by atoms with Crippen molar-refractivity contribution in [2.45, 2.75) is 6.92 Å². The minimum absolute atomic E-state index is 0.0809. The summed E-state index contributed by atoms with van der Waals surface area (Å²) >= 11 is 0. The van der Waals surface area contributed by atoms with Crippen LogP contribution >= 0.6 is 0 Å². The van der Waals surface area contributed by atoms with Gasteiger partial charge in [0.2, 0.25) is 0 Å². The Balaban J connectivity index is 1.93. The predicted octanol–water partition coefficient (Wildman–Crippen LogP) is 2.62. The summed E-state index contributed by atoms with van der Waals surface area (Å²) in [6.45, 7) is 1.94. The van der Waals surface area contributed by atoms with Gasteiger partial charge < -0.3 is 15.2 Å². The number of Topliss-reactive ketones (excluding diaryl/α,β-unsaturated/α-hetero) is 1. The average molecular weight is 342 g/mol. The Labute approximate surface area is 144 Å². The third kappa shape index (κ3) is 5.15. The Morgan fingerprint density at radius 3 is 2.12 bits per heavy atom. The number of nitrogens with two attached hydrogens (primary N) is 1. The van der Waals surface area contributed by atoms with E-state index >= 15 is 0 Å². The molecule has 0 fully saturated rings. The number of carbonyl (C=O) groups excluding carboxylic acids is 3. The van der Waals surface area contributed by atoms with Crippen molar-refractivity contribution in [1.82, 2.24) is 0 Å². The number of ether oxygens (including phenoxy) is 2. The number of anilines is 1. The van der Waals surface area contributed by atoms with E-state index in [1.54, 1.807) is 31.2 Å². The molecule has 2 aromatic carbocycles. The van der Waals surface area contributed by atoms with Crippen molar-refractivity contribution in [2.24, 2.45) is 5.73 Å². The summed E-state index contributed by atoms with van der Waals surface area (Å²) < 4.78 is 10.00. The second-order valence-electron chi connectivity index (χ2n) is 4.96. The highest BCUT2D eigenvalue weighted by Crippen LogP contribution is 2.15. The number of rotatable bonds is 6. The van der Waals surface area contributed by atoms with Gasteiger partial charge >= 0.3 is 12.1 Å². The van der Waals surface area contributed by atoms with E-state index in [1.807, 2.05) is 0 Å². The van der Waals surface area contributed by atoms with Crippen LogP contribution in [0.2, 0.25) is 0 Å². The standard InChI is InChI=1S/C18H18N2O5/c1-2-24-17(22)13-3-7-14(8-4-13)20-18(23)25-15-9-5-12(6-10-15)16(21)11-19/h3-10H,2,11,19H2,1H3,(H,20,23). The van der Waals surface area contributed by atoms with Crippen molar-refractivity contribution in [1.29, 1.82) is 0 Å². The summed E-state index contributed by atoms with van der Waals surface area (Å²) in [7, 11) is 0. The van der Waals surface area contributed by atoms with Crippen LogP contribution in [0.4, 0.5) is 10.5 Å². The van der Waals surface area contributed by atoms with Crippen molar-refractivity contribution < 1.29 is 23.9 Å². The number of benzene rings is 2. The number of hydrogen-bond acceptors (Lipinski definition) is 6. The molecule has 0 unspecified atom stereocenters. The molecule has 0 heterocycles. The second-order valence-corrected chi connectivity index (χ2v) is 4.96. The lowest BCUT2D eigenvalue weighted by molar-refractivity contribution is 0.0526. The van der Waals surface area contributed by atoms with Crippen LogP contribution in [0.1, 0.15) is 27.6 Å². The van der Waals surface area contributed by atoms with Gasteiger partial charge in [-0.25, -0.2) is 9.59 Å². The van der Waals surface area contributed by atoms with Gasteiger partial charge in [0.1, 0.15) is 5.75 Å². The predicted molar refractivity (Wildman–Crippen MR) is 91.9 cm³/mol. The lowest BCUT2D eigenvalue weighted by Gasteiger charge is -2.08. The molecule has 0 saturated carbocycles. The zero-order chi connectivity index (χ0) is 18.2. The summed E-state index contributed by atoms with van der Waals surface area (Å²) in [5, 5.41) is 2.54. The fourth-order valence-corrected chi connectivity index (χ4v) is 1.98. The Kier molecular flexibility index (Phi) is 6.25. The molecule has 2 rings (SSSR count). The number of ketones is 1. The van der Waals surface area contributed by atoms with E-state index in [1.165, 1.54) is 24.3 Å². The number of hydrogen-bond donors (Lipinski definition) is 2. The summed E-state index contributed by atoms with van der Waals surface area (Å²) in [6, 6.07) is 12.3. The fourth-order valence-electron chi connectivity index (χ4n) is 1.98. The molecule has 0 bridgehead atoms. The maximum Gasteiger partial charge on any atom is 0.417 e. The zero-order valence-electron chi connectivity index (χ0n) is 13.7. The molecule has 25 heavy (non-hydrogen) atoms. The molecule has 130 valence electrons. The molecular formula is C18H18N2O5.